The summed E-state index contributed by atoms with van der Waals surface area (Å²) in [5.41, 5.74) is 13.1. The monoisotopic (exact) mass is 558 g/mol. The second-order valence-electron chi connectivity index (χ2n) is 11.7. The number of carbonyl (C=O) groups is 1. The van der Waals surface area contributed by atoms with Crippen molar-refractivity contribution in [3.8, 4) is 28.2 Å². The van der Waals surface area contributed by atoms with E-state index in [-0.39, 0.29) is 5.92 Å². The van der Waals surface area contributed by atoms with Crippen molar-refractivity contribution < 1.29 is 9.90 Å². The molecule has 212 valence electrons. The van der Waals surface area contributed by atoms with Crippen LogP contribution in [0.5, 0.6) is 0 Å². The highest BCUT2D eigenvalue weighted by atomic mass is 16.4. The van der Waals surface area contributed by atoms with Gasteiger partial charge in [-0.25, -0.2) is 15.0 Å². The molecule has 0 amide bonds. The molecule has 1 saturated heterocycles. The van der Waals surface area contributed by atoms with Gasteiger partial charge in [0.25, 0.3) is 0 Å². The van der Waals surface area contributed by atoms with E-state index in [0.717, 1.165) is 78.9 Å². The van der Waals surface area contributed by atoms with Crippen LogP contribution >= 0.6 is 0 Å². The average molecular weight is 559 g/mol. The summed E-state index contributed by atoms with van der Waals surface area (Å²) in [5, 5.41) is 9.27. The van der Waals surface area contributed by atoms with Gasteiger partial charge in [-0.15, -0.1) is 0 Å². The SMILES string of the molecule is Nc1ncccc1-c1nc2cc(-c3ccccc3)cnc2n1-c1ccc(C2CN(CC3CCC(C(=O)O)CC3)C2)cc1. The summed E-state index contributed by atoms with van der Waals surface area (Å²) in [6.45, 7) is 3.18. The number of hydrogen-bond donors (Lipinski definition) is 2. The minimum atomic E-state index is -0.631. The van der Waals surface area contributed by atoms with Crippen LogP contribution in [0.1, 0.15) is 37.2 Å². The highest BCUT2D eigenvalue weighted by Gasteiger charge is 2.32. The van der Waals surface area contributed by atoms with Crippen LogP contribution in [0.2, 0.25) is 0 Å². The molecule has 0 atom stereocenters. The fraction of sp³-hybridized carbons (Fsp3) is 0.294. The molecule has 4 heterocycles. The lowest BCUT2D eigenvalue weighted by atomic mass is 9.80. The first-order chi connectivity index (χ1) is 20.5. The molecule has 2 aliphatic rings. The molecule has 0 spiro atoms. The summed E-state index contributed by atoms with van der Waals surface area (Å²) in [5.74, 6) is 1.50. The Kier molecular flexibility index (Phi) is 6.91. The highest BCUT2D eigenvalue weighted by molar-refractivity contribution is 5.85. The molecule has 0 radical (unpaired) electrons. The number of aliphatic carboxylic acids is 1. The lowest BCUT2D eigenvalue weighted by Gasteiger charge is -2.42. The molecule has 7 rings (SSSR count). The van der Waals surface area contributed by atoms with Crippen molar-refractivity contribution in [2.24, 2.45) is 11.8 Å². The minimum absolute atomic E-state index is 0.146. The average Bonchev–Trinajstić information content (AvgIpc) is 3.38. The van der Waals surface area contributed by atoms with E-state index in [1.165, 1.54) is 5.56 Å². The maximum absolute atomic E-state index is 11.3. The van der Waals surface area contributed by atoms with Gasteiger partial charge in [-0.1, -0.05) is 42.5 Å². The molecule has 3 N–H and O–H groups in total. The van der Waals surface area contributed by atoms with Gasteiger partial charge in [0.1, 0.15) is 11.3 Å². The zero-order valence-corrected chi connectivity index (χ0v) is 23.4. The Labute approximate surface area is 244 Å². The number of aromatic nitrogens is 4. The molecule has 8 heteroatoms. The van der Waals surface area contributed by atoms with Crippen LogP contribution in [-0.2, 0) is 4.79 Å². The summed E-state index contributed by atoms with van der Waals surface area (Å²) in [4.78, 5) is 28.0. The van der Waals surface area contributed by atoms with Crippen molar-refractivity contribution in [2.75, 3.05) is 25.4 Å². The molecule has 1 aliphatic carbocycles. The normalized spacial score (nSPS) is 19.5. The van der Waals surface area contributed by atoms with E-state index in [2.05, 4.69) is 56.9 Å². The van der Waals surface area contributed by atoms with E-state index in [4.69, 9.17) is 15.7 Å². The van der Waals surface area contributed by atoms with Crippen LogP contribution in [0.4, 0.5) is 5.82 Å². The summed E-state index contributed by atoms with van der Waals surface area (Å²) >= 11 is 0. The van der Waals surface area contributed by atoms with E-state index >= 15 is 0 Å². The number of benzene rings is 2. The van der Waals surface area contributed by atoms with E-state index in [1.54, 1.807) is 6.20 Å². The van der Waals surface area contributed by atoms with Crippen LogP contribution in [0.25, 0.3) is 39.4 Å². The molecule has 1 aliphatic heterocycles. The van der Waals surface area contributed by atoms with Gasteiger partial charge in [0, 0.05) is 49.2 Å². The van der Waals surface area contributed by atoms with Crippen molar-refractivity contribution in [3.05, 3.63) is 90.8 Å². The van der Waals surface area contributed by atoms with Gasteiger partial charge in [0.05, 0.1) is 11.5 Å². The summed E-state index contributed by atoms with van der Waals surface area (Å²) in [6, 6.07) is 24.8. The third kappa shape index (κ3) is 5.03. The standard InChI is InChI=1S/C34H34N6O2/c35-31-29(7-4-16-36-31)32-38-30-17-26(23-5-2-1-3-6-23)18-37-33(30)40(32)28-14-12-24(13-15-28)27-20-39(21-27)19-22-8-10-25(11-9-22)34(41)42/h1-7,12-18,22,25,27H,8-11,19-21H2,(H2,35,36)(H,41,42). The fourth-order valence-corrected chi connectivity index (χ4v) is 6.57. The van der Waals surface area contributed by atoms with Crippen LogP contribution in [-0.4, -0.2) is 55.1 Å². The van der Waals surface area contributed by atoms with E-state index in [0.29, 0.717) is 23.5 Å². The molecule has 0 unspecified atom stereocenters. The van der Waals surface area contributed by atoms with Crippen molar-refractivity contribution in [1.29, 1.82) is 0 Å². The van der Waals surface area contributed by atoms with Crippen LogP contribution < -0.4 is 5.73 Å². The molecule has 5 aromatic rings. The quantitative estimate of drug-likeness (QED) is 0.251. The number of pyridine rings is 2. The van der Waals surface area contributed by atoms with Crippen molar-refractivity contribution in [1.82, 2.24) is 24.4 Å². The number of nitrogens with zero attached hydrogens (tertiary/aromatic N) is 5. The molecular weight excluding hydrogens is 524 g/mol. The Balaban J connectivity index is 1.12. The maximum Gasteiger partial charge on any atom is 0.306 e. The smallest absolute Gasteiger partial charge is 0.306 e. The first-order valence-corrected chi connectivity index (χ1v) is 14.7. The molecule has 0 bridgehead atoms. The number of anilines is 1. The molecular formula is C34H34N6O2. The Bertz CT molecular complexity index is 1720. The predicted molar refractivity (Wildman–Crippen MR) is 164 cm³/mol. The predicted octanol–water partition coefficient (Wildman–Crippen LogP) is 6.02. The topological polar surface area (TPSA) is 110 Å². The van der Waals surface area contributed by atoms with Crippen LogP contribution in [0, 0.1) is 11.8 Å². The third-order valence-electron chi connectivity index (χ3n) is 8.98. The van der Waals surface area contributed by atoms with Gasteiger partial charge >= 0.3 is 5.97 Å². The van der Waals surface area contributed by atoms with Gasteiger partial charge in [0.2, 0.25) is 0 Å². The number of nitrogens with two attached hydrogens (primary N) is 1. The van der Waals surface area contributed by atoms with Gasteiger partial charge in [-0.05, 0) is 73.1 Å². The largest absolute Gasteiger partial charge is 0.481 e. The van der Waals surface area contributed by atoms with E-state index in [1.807, 2.05) is 36.5 Å². The summed E-state index contributed by atoms with van der Waals surface area (Å²) in [7, 11) is 0. The molecule has 3 aromatic heterocycles. The lowest BCUT2D eigenvalue weighted by Crippen LogP contribution is -2.47. The van der Waals surface area contributed by atoms with Crippen molar-refractivity contribution in [3.63, 3.8) is 0 Å². The Morgan fingerprint density at radius 2 is 1.67 bits per heavy atom. The summed E-state index contributed by atoms with van der Waals surface area (Å²) in [6.07, 6.45) is 7.27. The van der Waals surface area contributed by atoms with Crippen LogP contribution in [0.15, 0.2) is 85.2 Å². The van der Waals surface area contributed by atoms with E-state index < -0.39 is 5.97 Å². The Morgan fingerprint density at radius 1 is 0.905 bits per heavy atom. The highest BCUT2D eigenvalue weighted by Crippen LogP contribution is 2.35. The second-order valence-corrected chi connectivity index (χ2v) is 11.7. The van der Waals surface area contributed by atoms with E-state index in [9.17, 15) is 9.90 Å². The van der Waals surface area contributed by atoms with Crippen molar-refractivity contribution >= 4 is 23.0 Å². The Morgan fingerprint density at radius 3 is 2.38 bits per heavy atom. The fourth-order valence-electron chi connectivity index (χ4n) is 6.57. The molecule has 1 saturated carbocycles. The molecule has 42 heavy (non-hydrogen) atoms. The summed E-state index contributed by atoms with van der Waals surface area (Å²) < 4.78 is 2.07. The number of carboxylic acid groups (broad SMARTS) is 1. The number of rotatable bonds is 7. The number of hydrogen-bond acceptors (Lipinski definition) is 6. The second kappa shape index (κ2) is 11.0. The molecule has 2 aromatic carbocycles. The first-order valence-electron chi connectivity index (χ1n) is 14.7. The number of nitrogen functional groups attached to an aromatic ring is 1. The zero-order chi connectivity index (χ0) is 28.6. The Hall–Kier alpha value is -4.56. The maximum atomic E-state index is 11.3. The van der Waals surface area contributed by atoms with Crippen LogP contribution in [0.3, 0.4) is 0 Å². The van der Waals surface area contributed by atoms with Gasteiger partial charge in [0.15, 0.2) is 11.5 Å². The number of likely N-dealkylation sites (tertiary alicyclic amines) is 1. The zero-order valence-electron chi connectivity index (χ0n) is 23.4. The minimum Gasteiger partial charge on any atom is -0.481 e. The number of carboxylic acids is 1. The number of imidazole rings is 1. The number of fused-ring (bicyclic) bond motifs is 1. The van der Waals surface area contributed by atoms with Gasteiger partial charge < -0.3 is 15.7 Å². The van der Waals surface area contributed by atoms with Gasteiger partial charge in [-0.3, -0.25) is 9.36 Å². The lowest BCUT2D eigenvalue weighted by molar-refractivity contribution is -0.143. The third-order valence-corrected chi connectivity index (χ3v) is 8.98. The van der Waals surface area contributed by atoms with Gasteiger partial charge in [-0.2, -0.15) is 0 Å². The first kappa shape index (κ1) is 26.3. The molecule has 2 fully saturated rings. The van der Waals surface area contributed by atoms with Crippen molar-refractivity contribution in [2.45, 2.75) is 31.6 Å². The molecule has 8 nitrogen and oxygen atoms in total.